The first-order valence-electron chi connectivity index (χ1n) is 14.9. The first-order chi connectivity index (χ1) is 20.9. The quantitative estimate of drug-likeness (QED) is 0.139. The number of ether oxygens (including phenoxy) is 1. The van der Waals surface area contributed by atoms with Gasteiger partial charge in [0, 0.05) is 37.3 Å². The molecule has 0 aliphatic rings. The smallest absolute Gasteiger partial charge is 0.387 e. The van der Waals surface area contributed by atoms with Gasteiger partial charge in [-0.05, 0) is 43.0 Å². The largest absolute Gasteiger partial charge is 0.435 e. The van der Waals surface area contributed by atoms with Crippen LogP contribution >= 0.6 is 0 Å². The summed E-state index contributed by atoms with van der Waals surface area (Å²) in [6, 6.07) is 34.9. The highest BCUT2D eigenvalue weighted by atomic mass is 19.3. The molecule has 1 heterocycles. The van der Waals surface area contributed by atoms with E-state index in [2.05, 4.69) is 96.1 Å². The molecular weight excluding hydrogens is 540 g/mol. The molecule has 5 rings (SSSR count). The first kappa shape index (κ1) is 30.2. The van der Waals surface area contributed by atoms with Crippen molar-refractivity contribution in [3.05, 3.63) is 131 Å². The summed E-state index contributed by atoms with van der Waals surface area (Å²) in [4.78, 5) is 7.70. The Morgan fingerprint density at radius 1 is 0.767 bits per heavy atom. The number of nitrogens with zero attached hydrogens (tertiary/aromatic N) is 3. The molecule has 0 saturated heterocycles. The third-order valence-electron chi connectivity index (χ3n) is 7.61. The maximum absolute atomic E-state index is 12.9. The number of imidazole rings is 1. The molecule has 222 valence electrons. The summed E-state index contributed by atoms with van der Waals surface area (Å²) < 4.78 is 32.9. The Hall–Kier alpha value is -4.29. The minimum absolute atomic E-state index is 0.209. The lowest BCUT2D eigenvalue weighted by molar-refractivity contribution is -0.0503. The minimum atomic E-state index is -2.85. The lowest BCUT2D eigenvalue weighted by Crippen LogP contribution is -2.25. The molecule has 0 unspecified atom stereocenters. The van der Waals surface area contributed by atoms with Gasteiger partial charge in [-0.2, -0.15) is 8.78 Å². The van der Waals surface area contributed by atoms with Crippen LogP contribution in [0.3, 0.4) is 0 Å². The molecule has 0 fully saturated rings. The van der Waals surface area contributed by atoms with Crippen LogP contribution in [0.15, 0.2) is 103 Å². The average molecular weight is 580 g/mol. The van der Waals surface area contributed by atoms with E-state index < -0.39 is 6.61 Å². The number of alkyl halides is 2. The highest BCUT2D eigenvalue weighted by Crippen LogP contribution is 2.32. The second-order valence-electron chi connectivity index (χ2n) is 11.1. The number of unbranched alkanes of at least 4 members (excludes halogenated alkanes) is 1. The van der Waals surface area contributed by atoms with Crippen molar-refractivity contribution >= 4 is 0 Å². The van der Waals surface area contributed by atoms with E-state index in [0.717, 1.165) is 54.1 Å². The molecule has 0 saturated carbocycles. The predicted octanol–water partition coefficient (Wildman–Crippen LogP) is 9.44. The molecule has 0 bridgehead atoms. The van der Waals surface area contributed by atoms with Crippen LogP contribution in [-0.2, 0) is 26.2 Å². The van der Waals surface area contributed by atoms with Gasteiger partial charge in [-0.25, -0.2) is 4.98 Å². The Morgan fingerprint density at radius 2 is 1.44 bits per heavy atom. The fourth-order valence-corrected chi connectivity index (χ4v) is 5.58. The van der Waals surface area contributed by atoms with Crippen LogP contribution in [0.25, 0.3) is 22.6 Å². The van der Waals surface area contributed by atoms with Crippen LogP contribution < -0.4 is 4.74 Å². The number of aryl methyl sites for hydroxylation is 2. The molecule has 4 nitrogen and oxygen atoms in total. The number of halogens is 2. The van der Waals surface area contributed by atoms with Gasteiger partial charge in [-0.3, -0.25) is 4.90 Å². The third-order valence-corrected chi connectivity index (χ3v) is 7.61. The molecule has 0 spiro atoms. The van der Waals surface area contributed by atoms with Gasteiger partial charge in [0.2, 0.25) is 0 Å². The van der Waals surface area contributed by atoms with E-state index in [-0.39, 0.29) is 5.75 Å². The summed E-state index contributed by atoms with van der Waals surface area (Å²) in [6.07, 6.45) is 2.12. The van der Waals surface area contributed by atoms with E-state index in [1.54, 1.807) is 6.07 Å². The Bertz CT molecular complexity index is 1620. The lowest BCUT2D eigenvalue weighted by atomic mass is 10.1. The van der Waals surface area contributed by atoms with Crippen molar-refractivity contribution in [2.24, 2.45) is 0 Å². The summed E-state index contributed by atoms with van der Waals surface area (Å²) >= 11 is 0. The van der Waals surface area contributed by atoms with Gasteiger partial charge in [0.25, 0.3) is 0 Å². The highest BCUT2D eigenvalue weighted by Gasteiger charge is 2.22. The Balaban J connectivity index is 1.59. The van der Waals surface area contributed by atoms with Crippen LogP contribution in [-0.4, -0.2) is 21.1 Å². The molecule has 4 aromatic carbocycles. The molecule has 43 heavy (non-hydrogen) atoms. The van der Waals surface area contributed by atoms with Crippen molar-refractivity contribution in [2.75, 3.05) is 0 Å². The van der Waals surface area contributed by atoms with Crippen LogP contribution in [0.1, 0.15) is 47.7 Å². The summed E-state index contributed by atoms with van der Waals surface area (Å²) in [6.45, 7) is 6.18. The fraction of sp³-hybridized carbons (Fsp3) is 0.270. The van der Waals surface area contributed by atoms with Crippen molar-refractivity contribution in [3.63, 3.8) is 0 Å². The molecule has 1 aromatic heterocycles. The van der Waals surface area contributed by atoms with E-state index in [0.29, 0.717) is 18.7 Å². The van der Waals surface area contributed by atoms with Crippen LogP contribution in [0.5, 0.6) is 5.75 Å². The van der Waals surface area contributed by atoms with Crippen molar-refractivity contribution in [2.45, 2.75) is 66.4 Å². The zero-order valence-corrected chi connectivity index (χ0v) is 25.1. The zero-order chi connectivity index (χ0) is 30.2. The van der Waals surface area contributed by atoms with Gasteiger partial charge in [-0.1, -0.05) is 116 Å². The maximum Gasteiger partial charge on any atom is 0.387 e. The SMILES string of the molecule is CCCCn1c(-c2ccccc2)nc(-c2ccccc2)c1CN(Cc1cccc(C)c1)Cc1ccc(OC(F)F)c(C)c1. The number of rotatable bonds is 13. The number of aromatic nitrogens is 2. The van der Waals surface area contributed by atoms with Crippen LogP contribution in [0, 0.1) is 13.8 Å². The number of hydrogen-bond donors (Lipinski definition) is 0. The van der Waals surface area contributed by atoms with Gasteiger partial charge in [0.1, 0.15) is 11.6 Å². The lowest BCUT2D eigenvalue weighted by Gasteiger charge is -2.25. The van der Waals surface area contributed by atoms with E-state index in [1.807, 2.05) is 31.2 Å². The van der Waals surface area contributed by atoms with Crippen molar-refractivity contribution in [3.8, 4) is 28.4 Å². The van der Waals surface area contributed by atoms with E-state index in [9.17, 15) is 8.78 Å². The Kier molecular flexibility index (Phi) is 10.0. The molecule has 5 aromatic rings. The summed E-state index contributed by atoms with van der Waals surface area (Å²) in [5.74, 6) is 1.18. The Labute approximate surface area is 253 Å². The molecular formula is C37H39F2N3O. The standard InChI is InChI=1S/C37H39F2N3O/c1-4-5-21-42-33(35(31-15-8-6-9-16-31)40-36(42)32-17-10-7-11-18-32)26-41(24-29-14-12-13-27(2)22-29)25-30-19-20-34(28(3)23-30)43-37(38)39/h6-20,22-23,37H,4-5,21,24-26H2,1-3H3. The van der Waals surface area contributed by atoms with Crippen molar-refractivity contribution < 1.29 is 13.5 Å². The van der Waals surface area contributed by atoms with Gasteiger partial charge >= 0.3 is 6.61 Å². The van der Waals surface area contributed by atoms with E-state index in [1.165, 1.54) is 16.8 Å². The molecule has 6 heteroatoms. The molecule has 0 aliphatic heterocycles. The van der Waals surface area contributed by atoms with E-state index in [4.69, 9.17) is 9.72 Å². The van der Waals surface area contributed by atoms with Gasteiger partial charge in [0.15, 0.2) is 0 Å². The van der Waals surface area contributed by atoms with E-state index >= 15 is 0 Å². The molecule has 0 atom stereocenters. The van der Waals surface area contributed by atoms with Crippen molar-refractivity contribution in [1.82, 2.24) is 14.5 Å². The fourth-order valence-electron chi connectivity index (χ4n) is 5.58. The minimum Gasteiger partial charge on any atom is -0.435 e. The van der Waals surface area contributed by atoms with Gasteiger partial charge in [0.05, 0.1) is 11.4 Å². The zero-order valence-electron chi connectivity index (χ0n) is 25.1. The molecule has 0 radical (unpaired) electrons. The average Bonchev–Trinajstić information content (AvgIpc) is 3.36. The highest BCUT2D eigenvalue weighted by molar-refractivity contribution is 5.68. The number of hydrogen-bond acceptors (Lipinski definition) is 3. The van der Waals surface area contributed by atoms with Gasteiger partial charge < -0.3 is 9.30 Å². The van der Waals surface area contributed by atoms with Crippen molar-refractivity contribution in [1.29, 1.82) is 0 Å². The second kappa shape index (κ2) is 14.3. The van der Waals surface area contributed by atoms with Crippen LogP contribution in [0.4, 0.5) is 8.78 Å². The third kappa shape index (κ3) is 7.76. The normalized spacial score (nSPS) is 11.4. The first-order valence-corrected chi connectivity index (χ1v) is 14.9. The summed E-state index contributed by atoms with van der Waals surface area (Å²) in [5, 5.41) is 0. The maximum atomic E-state index is 12.9. The Morgan fingerprint density at radius 3 is 2.07 bits per heavy atom. The van der Waals surface area contributed by atoms with Crippen LogP contribution in [0.2, 0.25) is 0 Å². The molecule has 0 N–H and O–H groups in total. The van der Waals surface area contributed by atoms with Gasteiger partial charge in [-0.15, -0.1) is 0 Å². The predicted molar refractivity (Wildman–Crippen MR) is 170 cm³/mol. The topological polar surface area (TPSA) is 30.3 Å². The molecule has 0 amide bonds. The summed E-state index contributed by atoms with van der Waals surface area (Å²) in [5.41, 5.74) is 8.50. The second-order valence-corrected chi connectivity index (χ2v) is 11.1. The number of benzene rings is 4. The molecule has 0 aliphatic carbocycles. The monoisotopic (exact) mass is 579 g/mol. The summed E-state index contributed by atoms with van der Waals surface area (Å²) in [7, 11) is 0.